The molecular formula is C22H30N2O4S. The molecule has 0 saturated heterocycles. The van der Waals surface area contributed by atoms with Gasteiger partial charge in [0.2, 0.25) is 10.0 Å². The summed E-state index contributed by atoms with van der Waals surface area (Å²) in [4.78, 5) is 0. The maximum Gasteiger partial charge on any atom is 0.216 e. The molecule has 0 aliphatic rings. The van der Waals surface area contributed by atoms with E-state index in [2.05, 4.69) is 10.0 Å². The van der Waals surface area contributed by atoms with Crippen LogP contribution in [0.4, 0.5) is 5.69 Å². The molecule has 29 heavy (non-hydrogen) atoms. The molecule has 158 valence electrons. The molecule has 1 heterocycles. The summed E-state index contributed by atoms with van der Waals surface area (Å²) in [6.07, 6.45) is 2.67. The smallest absolute Gasteiger partial charge is 0.216 e. The lowest BCUT2D eigenvalue weighted by Crippen LogP contribution is -2.39. The average molecular weight is 419 g/mol. The highest BCUT2D eigenvalue weighted by Crippen LogP contribution is 2.40. The van der Waals surface area contributed by atoms with Crippen LogP contribution in [0.3, 0.4) is 0 Å². The van der Waals surface area contributed by atoms with E-state index in [1.165, 1.54) is 0 Å². The fourth-order valence-corrected chi connectivity index (χ4v) is 4.06. The fourth-order valence-electron chi connectivity index (χ4n) is 3.21. The Hall–Kier alpha value is -2.25. The number of hydrogen-bond donors (Lipinski definition) is 2. The summed E-state index contributed by atoms with van der Waals surface area (Å²) >= 11 is 0. The summed E-state index contributed by atoms with van der Waals surface area (Å²) in [6, 6.07) is 11.9. The highest BCUT2D eigenvalue weighted by molar-refractivity contribution is 7.90. The molecule has 0 saturated carbocycles. The maximum absolute atomic E-state index is 12.0. The zero-order chi connectivity index (χ0) is 21.1. The van der Waals surface area contributed by atoms with Crippen LogP contribution in [0.2, 0.25) is 0 Å². The second kappa shape index (κ2) is 8.63. The summed E-state index contributed by atoms with van der Waals surface area (Å²) in [5, 5.41) is 5.45. The quantitative estimate of drug-likeness (QED) is 0.483. The van der Waals surface area contributed by atoms with Crippen LogP contribution in [0.15, 0.2) is 40.8 Å². The highest BCUT2D eigenvalue weighted by Gasteiger charge is 2.27. The molecule has 0 unspecified atom stereocenters. The van der Waals surface area contributed by atoms with Crippen LogP contribution in [0, 0.1) is 0 Å². The van der Waals surface area contributed by atoms with E-state index in [4.69, 9.17) is 9.15 Å². The number of ether oxygens (including phenoxy) is 1. The molecule has 6 nitrogen and oxygen atoms in total. The van der Waals surface area contributed by atoms with Crippen molar-refractivity contribution in [3.05, 3.63) is 36.4 Å². The molecule has 0 amide bonds. The van der Waals surface area contributed by atoms with Crippen LogP contribution < -0.4 is 14.8 Å². The number of rotatable bonds is 9. The molecule has 1 aromatic heterocycles. The molecule has 0 bridgehead atoms. The standard InChI is InChI=1S/C22H30N2O4S/c1-22(2,3)29(25,26)24-15-9-5-8-14-23-17-12-13-19-20(21(17)27-4)16-10-6-7-11-18(16)28-19/h6-7,10-13,23-24H,5,8-9,14-15H2,1-4H3. The van der Waals surface area contributed by atoms with E-state index in [1.807, 2.05) is 36.4 Å². The van der Waals surface area contributed by atoms with Crippen LogP contribution in [-0.4, -0.2) is 33.4 Å². The Balaban J connectivity index is 1.56. The Morgan fingerprint density at radius 1 is 0.966 bits per heavy atom. The van der Waals surface area contributed by atoms with Gasteiger partial charge in [-0.15, -0.1) is 0 Å². The van der Waals surface area contributed by atoms with Crippen LogP contribution in [0.1, 0.15) is 40.0 Å². The van der Waals surface area contributed by atoms with Gasteiger partial charge in [-0.25, -0.2) is 13.1 Å². The molecule has 0 radical (unpaired) electrons. The second-order valence-electron chi connectivity index (χ2n) is 8.12. The lowest BCUT2D eigenvalue weighted by Gasteiger charge is -2.19. The number of hydrogen-bond acceptors (Lipinski definition) is 5. The third kappa shape index (κ3) is 4.67. The molecule has 0 atom stereocenters. The number of benzene rings is 2. The number of fused-ring (bicyclic) bond motifs is 3. The molecule has 0 aliphatic heterocycles. The number of methoxy groups -OCH3 is 1. The van der Waals surface area contributed by atoms with Crippen LogP contribution in [-0.2, 0) is 10.0 Å². The van der Waals surface area contributed by atoms with Crippen molar-refractivity contribution in [2.24, 2.45) is 0 Å². The lowest BCUT2D eigenvalue weighted by molar-refractivity contribution is 0.421. The number of unbranched alkanes of at least 4 members (excludes halogenated alkanes) is 2. The minimum atomic E-state index is -3.27. The molecule has 7 heteroatoms. The van der Waals surface area contributed by atoms with Crippen LogP contribution >= 0.6 is 0 Å². The van der Waals surface area contributed by atoms with Crippen LogP contribution in [0.5, 0.6) is 5.75 Å². The number of furan rings is 1. The van der Waals surface area contributed by atoms with Crippen LogP contribution in [0.25, 0.3) is 21.9 Å². The predicted molar refractivity (Wildman–Crippen MR) is 119 cm³/mol. The van der Waals surface area contributed by atoms with Gasteiger partial charge in [0.15, 0.2) is 5.75 Å². The number of sulfonamides is 1. The summed E-state index contributed by atoms with van der Waals surface area (Å²) in [5.74, 6) is 0.783. The Kier molecular flexibility index (Phi) is 6.39. The minimum absolute atomic E-state index is 0.468. The summed E-state index contributed by atoms with van der Waals surface area (Å²) in [5.41, 5.74) is 2.58. The van der Waals surface area contributed by atoms with Crippen molar-refractivity contribution in [3.63, 3.8) is 0 Å². The van der Waals surface area contributed by atoms with Crippen molar-refractivity contribution >= 4 is 37.6 Å². The minimum Gasteiger partial charge on any atom is -0.494 e. The predicted octanol–water partition coefficient (Wildman–Crippen LogP) is 4.89. The second-order valence-corrected chi connectivity index (χ2v) is 10.6. The fraction of sp³-hybridized carbons (Fsp3) is 0.455. The first-order valence-electron chi connectivity index (χ1n) is 9.96. The summed E-state index contributed by atoms with van der Waals surface area (Å²) < 4.78 is 37.6. The normalized spacial score (nSPS) is 12.6. The first kappa shape index (κ1) is 21.5. The number of para-hydroxylation sites is 1. The van der Waals surface area contributed by atoms with Gasteiger partial charge in [0.05, 0.1) is 22.9 Å². The highest BCUT2D eigenvalue weighted by atomic mass is 32.2. The lowest BCUT2D eigenvalue weighted by atomic mass is 10.1. The Bertz CT molecular complexity index is 1080. The van der Waals surface area contributed by atoms with Gasteiger partial charge in [0.25, 0.3) is 0 Å². The molecule has 0 spiro atoms. The first-order valence-corrected chi connectivity index (χ1v) is 11.4. The Morgan fingerprint density at radius 3 is 2.41 bits per heavy atom. The molecule has 3 rings (SSSR count). The zero-order valence-electron chi connectivity index (χ0n) is 17.5. The van der Waals surface area contributed by atoms with Gasteiger partial charge in [-0.3, -0.25) is 0 Å². The van der Waals surface area contributed by atoms with Gasteiger partial charge < -0.3 is 14.5 Å². The van der Waals surface area contributed by atoms with Crippen molar-refractivity contribution in [3.8, 4) is 5.75 Å². The van der Waals surface area contributed by atoms with E-state index in [0.29, 0.717) is 6.54 Å². The van der Waals surface area contributed by atoms with Gasteiger partial charge in [-0.2, -0.15) is 0 Å². The average Bonchev–Trinajstić information content (AvgIpc) is 3.04. The molecule has 2 aromatic carbocycles. The molecule has 2 N–H and O–H groups in total. The van der Waals surface area contributed by atoms with Gasteiger partial charge in [-0.05, 0) is 51.8 Å². The van der Waals surface area contributed by atoms with Crippen molar-refractivity contribution in [2.75, 3.05) is 25.5 Å². The zero-order valence-corrected chi connectivity index (χ0v) is 18.4. The van der Waals surface area contributed by atoms with Crippen molar-refractivity contribution in [1.82, 2.24) is 4.72 Å². The maximum atomic E-state index is 12.0. The Labute approximate surface area is 172 Å². The van der Waals surface area contributed by atoms with E-state index < -0.39 is 14.8 Å². The largest absolute Gasteiger partial charge is 0.494 e. The Morgan fingerprint density at radius 2 is 1.69 bits per heavy atom. The SMILES string of the molecule is COc1c(NCCCCCNS(=O)(=O)C(C)(C)C)ccc2oc3ccccc3c12. The van der Waals surface area contributed by atoms with Gasteiger partial charge in [0, 0.05) is 18.5 Å². The van der Waals surface area contributed by atoms with E-state index in [1.54, 1.807) is 27.9 Å². The van der Waals surface area contributed by atoms with Gasteiger partial charge in [-0.1, -0.05) is 24.6 Å². The van der Waals surface area contributed by atoms with Gasteiger partial charge >= 0.3 is 0 Å². The topological polar surface area (TPSA) is 80.6 Å². The third-order valence-corrected chi connectivity index (χ3v) is 7.16. The van der Waals surface area contributed by atoms with E-state index in [9.17, 15) is 8.42 Å². The van der Waals surface area contributed by atoms with E-state index >= 15 is 0 Å². The molecule has 3 aromatic rings. The first-order chi connectivity index (χ1) is 13.7. The van der Waals surface area contributed by atoms with Gasteiger partial charge in [0.1, 0.15) is 11.2 Å². The third-order valence-electron chi connectivity index (χ3n) is 4.97. The number of nitrogens with one attached hydrogen (secondary N) is 2. The monoisotopic (exact) mass is 418 g/mol. The summed E-state index contributed by atoms with van der Waals surface area (Å²) in [7, 11) is -1.60. The van der Waals surface area contributed by atoms with Crippen molar-refractivity contribution in [2.45, 2.75) is 44.8 Å². The molecule has 0 aliphatic carbocycles. The summed E-state index contributed by atoms with van der Waals surface area (Å²) in [6.45, 7) is 6.35. The van der Waals surface area contributed by atoms with Crippen molar-refractivity contribution in [1.29, 1.82) is 0 Å². The molecule has 0 fully saturated rings. The molecular weight excluding hydrogens is 388 g/mol. The number of anilines is 1. The van der Waals surface area contributed by atoms with Crippen molar-refractivity contribution < 1.29 is 17.6 Å². The van der Waals surface area contributed by atoms with E-state index in [-0.39, 0.29) is 0 Å². The van der Waals surface area contributed by atoms with E-state index in [0.717, 1.165) is 59.2 Å².